The van der Waals surface area contributed by atoms with Crippen LogP contribution in [0.15, 0.2) is 79.0 Å². The fourth-order valence-corrected chi connectivity index (χ4v) is 9.14. The molecule has 6 atom stereocenters. The van der Waals surface area contributed by atoms with Crippen LogP contribution in [-0.2, 0) is 37.2 Å². The van der Waals surface area contributed by atoms with Crippen molar-refractivity contribution < 1.29 is 37.5 Å². The second-order valence-electron chi connectivity index (χ2n) is 13.6. The quantitative estimate of drug-likeness (QED) is 0.184. The molecule has 3 fully saturated rings. The number of aromatic hydroxyl groups is 1. The van der Waals surface area contributed by atoms with Crippen molar-refractivity contribution in [3.05, 3.63) is 111 Å². The summed E-state index contributed by atoms with van der Waals surface area (Å²) in [5, 5.41) is 12.5. The molecule has 0 spiro atoms. The summed E-state index contributed by atoms with van der Waals surface area (Å²) in [5.41, 5.74) is 1.58. The van der Waals surface area contributed by atoms with E-state index in [0.29, 0.717) is 46.0 Å². The van der Waals surface area contributed by atoms with Crippen LogP contribution in [0.2, 0.25) is 10.0 Å². The molecule has 4 aliphatic rings. The summed E-state index contributed by atoms with van der Waals surface area (Å²) in [6.45, 7) is 5.91. The van der Waals surface area contributed by atoms with E-state index < -0.39 is 63.6 Å². The molecule has 52 heavy (non-hydrogen) atoms. The number of para-hydroxylation sites is 1. The second-order valence-corrected chi connectivity index (χ2v) is 14.4. The molecule has 0 radical (unpaired) electrons. The average molecular weight is 754 g/mol. The number of anilines is 1. The lowest BCUT2D eigenvalue weighted by Gasteiger charge is -2.50. The van der Waals surface area contributed by atoms with Gasteiger partial charge in [0, 0.05) is 29.2 Å². The summed E-state index contributed by atoms with van der Waals surface area (Å²) in [5.74, 6) is -6.98. The van der Waals surface area contributed by atoms with Gasteiger partial charge in [-0.15, -0.1) is 6.58 Å². The number of likely N-dealkylation sites (tertiary alicyclic amines) is 1. The highest BCUT2D eigenvalue weighted by Crippen LogP contribution is 2.65. The highest BCUT2D eigenvalue weighted by Gasteiger charge is 2.70. The number of allylic oxidation sites excluding steroid dienone is 3. The van der Waals surface area contributed by atoms with Crippen LogP contribution in [0.4, 0.5) is 19.0 Å². The minimum Gasteiger partial charge on any atom is -0.507 e. The zero-order valence-corrected chi connectivity index (χ0v) is 29.3. The van der Waals surface area contributed by atoms with Gasteiger partial charge in [0.05, 0.1) is 33.8 Å². The molecule has 2 aliphatic heterocycles. The van der Waals surface area contributed by atoms with Gasteiger partial charge in [0.15, 0.2) is 5.82 Å². The summed E-state index contributed by atoms with van der Waals surface area (Å²) in [6, 6.07) is 12.2. The SMILES string of the molecule is C=CCc1cccc([C@H]2C3=CC[C@@H]4C(=O)N(CCC)C(=O)[C@@H]4[C@@H]3C[C@H]3C(=O)N(Nc4ncc(C(F)(F)F)cc4Cl)C(=O)[C@@]23c2ccc(Cl)cc2)c1O. The zero-order valence-electron chi connectivity index (χ0n) is 27.8. The molecule has 270 valence electrons. The monoisotopic (exact) mass is 752 g/mol. The van der Waals surface area contributed by atoms with Gasteiger partial charge in [0.25, 0.3) is 11.8 Å². The Balaban J connectivity index is 1.46. The van der Waals surface area contributed by atoms with Crippen LogP contribution in [0.25, 0.3) is 0 Å². The standard InChI is InChI=1S/C38H33Cl2F3N4O5/c1-3-6-19-7-5-8-25(31(19)48)30-23-13-14-24-29(35(51)46(15-4-2)33(24)49)26(23)17-27-34(50)47(36(52)37(27,30)20-9-11-22(39)12-10-20)45-32-28(40)16-21(18-44-32)38(41,42)43/h3,5,7-13,16,18,24,26-27,29-30,48H,1,4,6,14-15,17H2,2H3,(H,44,45)/t24-,26+,27-,29-,30+,37+/m0/s1. The van der Waals surface area contributed by atoms with Gasteiger partial charge >= 0.3 is 6.18 Å². The number of phenols is 1. The molecule has 1 saturated carbocycles. The number of halogens is 5. The van der Waals surface area contributed by atoms with E-state index in [1.54, 1.807) is 48.5 Å². The number of phenolic OH excluding ortho intramolecular Hbond substituents is 1. The van der Waals surface area contributed by atoms with Crippen molar-refractivity contribution in [2.45, 2.75) is 50.1 Å². The Bertz CT molecular complexity index is 2050. The van der Waals surface area contributed by atoms with Gasteiger partial charge in [-0.2, -0.15) is 18.2 Å². The predicted molar refractivity (Wildman–Crippen MR) is 186 cm³/mol. The van der Waals surface area contributed by atoms with E-state index in [0.717, 1.165) is 5.01 Å². The molecular formula is C38H33Cl2F3N4O5. The van der Waals surface area contributed by atoms with Crippen molar-refractivity contribution in [2.24, 2.45) is 23.7 Å². The van der Waals surface area contributed by atoms with Crippen molar-refractivity contribution in [1.82, 2.24) is 14.9 Å². The Hall–Kier alpha value is -4.68. The number of benzene rings is 2. The number of aromatic nitrogens is 1. The third-order valence-electron chi connectivity index (χ3n) is 10.9. The van der Waals surface area contributed by atoms with Crippen molar-refractivity contribution in [3.8, 4) is 5.75 Å². The number of carbonyl (C=O) groups excluding carboxylic acids is 4. The first-order valence-corrected chi connectivity index (χ1v) is 17.6. The molecule has 9 nitrogen and oxygen atoms in total. The number of hydrogen-bond donors (Lipinski definition) is 2. The van der Waals surface area contributed by atoms with E-state index in [-0.39, 0.29) is 49.2 Å². The molecule has 2 aromatic carbocycles. The van der Waals surface area contributed by atoms with Gasteiger partial charge in [0.1, 0.15) is 5.75 Å². The molecular weight excluding hydrogens is 720 g/mol. The van der Waals surface area contributed by atoms with Gasteiger partial charge < -0.3 is 5.11 Å². The van der Waals surface area contributed by atoms with Gasteiger partial charge in [-0.3, -0.25) is 29.5 Å². The number of fused-ring (bicyclic) bond motifs is 4. The molecule has 2 saturated heterocycles. The lowest BCUT2D eigenvalue weighted by atomic mass is 9.49. The largest absolute Gasteiger partial charge is 0.507 e. The predicted octanol–water partition coefficient (Wildman–Crippen LogP) is 7.24. The van der Waals surface area contributed by atoms with Gasteiger partial charge in [0.2, 0.25) is 11.8 Å². The molecule has 0 unspecified atom stereocenters. The minimum atomic E-state index is -4.75. The van der Waals surface area contributed by atoms with Crippen LogP contribution in [0.1, 0.15) is 54.4 Å². The number of nitrogens with zero attached hydrogens (tertiary/aromatic N) is 3. The molecule has 3 heterocycles. The topological polar surface area (TPSA) is 120 Å². The fraction of sp³-hybridized carbons (Fsp3) is 0.342. The van der Waals surface area contributed by atoms with E-state index in [2.05, 4.69) is 17.0 Å². The van der Waals surface area contributed by atoms with E-state index in [1.165, 1.54) is 4.90 Å². The maximum absolute atomic E-state index is 15.3. The van der Waals surface area contributed by atoms with Crippen molar-refractivity contribution in [1.29, 1.82) is 0 Å². The van der Waals surface area contributed by atoms with Gasteiger partial charge in [-0.05, 0) is 60.9 Å². The van der Waals surface area contributed by atoms with E-state index in [9.17, 15) is 32.7 Å². The second kappa shape index (κ2) is 13.1. The molecule has 1 aromatic heterocycles. The lowest BCUT2D eigenvalue weighted by molar-refractivity contribution is -0.141. The van der Waals surface area contributed by atoms with Crippen LogP contribution in [-0.4, -0.2) is 50.2 Å². The molecule has 4 amide bonds. The molecule has 2 N–H and O–H groups in total. The highest BCUT2D eigenvalue weighted by atomic mass is 35.5. The normalized spacial score (nSPS) is 27.0. The summed E-state index contributed by atoms with van der Waals surface area (Å²) in [7, 11) is 0. The number of hydrogen-bond acceptors (Lipinski definition) is 7. The number of nitrogens with one attached hydrogen (secondary N) is 1. The van der Waals surface area contributed by atoms with E-state index in [4.69, 9.17) is 23.2 Å². The summed E-state index contributed by atoms with van der Waals surface area (Å²) in [6.07, 6.45) is 0.317. The van der Waals surface area contributed by atoms with Crippen LogP contribution in [0.5, 0.6) is 5.75 Å². The van der Waals surface area contributed by atoms with Crippen molar-refractivity contribution in [3.63, 3.8) is 0 Å². The minimum absolute atomic E-state index is 0.0187. The first kappa shape index (κ1) is 35.7. The van der Waals surface area contributed by atoms with Crippen LogP contribution in [0.3, 0.4) is 0 Å². The Morgan fingerprint density at radius 1 is 1.06 bits per heavy atom. The Morgan fingerprint density at radius 2 is 1.79 bits per heavy atom. The Morgan fingerprint density at radius 3 is 2.44 bits per heavy atom. The number of rotatable bonds is 8. The van der Waals surface area contributed by atoms with Gasteiger partial charge in [-0.25, -0.2) is 4.98 Å². The maximum Gasteiger partial charge on any atom is 0.417 e. The Kier molecular flexibility index (Phi) is 8.98. The first-order valence-electron chi connectivity index (χ1n) is 16.9. The molecule has 7 rings (SSSR count). The van der Waals surface area contributed by atoms with E-state index >= 15 is 4.79 Å². The van der Waals surface area contributed by atoms with Crippen LogP contribution >= 0.6 is 23.2 Å². The Labute approximate surface area is 307 Å². The van der Waals surface area contributed by atoms with Crippen LogP contribution < -0.4 is 5.43 Å². The van der Waals surface area contributed by atoms with Crippen molar-refractivity contribution >= 4 is 52.6 Å². The first-order chi connectivity index (χ1) is 24.7. The zero-order chi connectivity index (χ0) is 37.3. The summed E-state index contributed by atoms with van der Waals surface area (Å²) < 4.78 is 40.3. The number of pyridine rings is 1. The van der Waals surface area contributed by atoms with Crippen LogP contribution in [0, 0.1) is 23.7 Å². The third-order valence-corrected chi connectivity index (χ3v) is 11.5. The summed E-state index contributed by atoms with van der Waals surface area (Å²) >= 11 is 12.6. The number of hydrazine groups is 1. The number of alkyl halides is 3. The van der Waals surface area contributed by atoms with Gasteiger partial charge in [-0.1, -0.05) is 78.2 Å². The average Bonchev–Trinajstić information content (AvgIpc) is 3.47. The number of carbonyl (C=O) groups is 4. The molecule has 3 aromatic rings. The molecule has 14 heteroatoms. The molecule has 0 bridgehead atoms. The fourth-order valence-electron chi connectivity index (χ4n) is 8.80. The maximum atomic E-state index is 15.3. The lowest BCUT2D eigenvalue weighted by Crippen LogP contribution is -2.53. The van der Waals surface area contributed by atoms with E-state index in [1.807, 2.05) is 13.0 Å². The number of amides is 4. The highest BCUT2D eigenvalue weighted by molar-refractivity contribution is 6.33. The number of imide groups is 2. The molecule has 2 aliphatic carbocycles. The third kappa shape index (κ3) is 5.32. The smallest absolute Gasteiger partial charge is 0.417 e. The summed E-state index contributed by atoms with van der Waals surface area (Å²) in [4.78, 5) is 62.7. The van der Waals surface area contributed by atoms with Crippen molar-refractivity contribution in [2.75, 3.05) is 12.0 Å².